The zero-order chi connectivity index (χ0) is 13.0. The third kappa shape index (κ3) is 3.65. The van der Waals surface area contributed by atoms with Gasteiger partial charge in [0.25, 0.3) is 0 Å². The third-order valence-corrected chi connectivity index (χ3v) is 3.01. The van der Waals surface area contributed by atoms with Gasteiger partial charge in [0.05, 0.1) is 0 Å². The number of nitrogens with zero attached hydrogens (tertiary/aromatic N) is 1. The van der Waals surface area contributed by atoms with Gasteiger partial charge in [0.15, 0.2) is 0 Å². The molecule has 4 nitrogen and oxygen atoms in total. The summed E-state index contributed by atoms with van der Waals surface area (Å²) in [5, 5.41) is 3.03. The largest absolute Gasteiger partial charge is 0.399 e. The van der Waals surface area contributed by atoms with E-state index in [1.165, 1.54) is 0 Å². The second-order valence-electron chi connectivity index (χ2n) is 4.89. The van der Waals surface area contributed by atoms with Gasteiger partial charge in [-0.1, -0.05) is 19.1 Å². The molecular weight excluding hydrogens is 226 g/mol. The smallest absolute Gasteiger partial charge is 0.317 e. The van der Waals surface area contributed by atoms with Crippen LogP contribution in [0.3, 0.4) is 0 Å². The minimum Gasteiger partial charge on any atom is -0.399 e. The quantitative estimate of drug-likeness (QED) is 0.785. The summed E-state index contributed by atoms with van der Waals surface area (Å²) < 4.78 is 0. The van der Waals surface area contributed by atoms with Gasteiger partial charge in [-0.05, 0) is 37.0 Å². The Morgan fingerprint density at radius 1 is 1.50 bits per heavy atom. The van der Waals surface area contributed by atoms with Crippen LogP contribution in [0.15, 0.2) is 24.3 Å². The first kappa shape index (κ1) is 12.7. The van der Waals surface area contributed by atoms with Crippen molar-refractivity contribution in [2.75, 3.05) is 12.3 Å². The number of urea groups is 1. The zero-order valence-corrected chi connectivity index (χ0v) is 10.9. The number of hydrogen-bond donors (Lipinski definition) is 2. The van der Waals surface area contributed by atoms with Crippen molar-refractivity contribution < 1.29 is 4.79 Å². The first-order valence-electron chi connectivity index (χ1n) is 6.59. The third-order valence-electron chi connectivity index (χ3n) is 3.01. The molecule has 0 aromatic heterocycles. The molecule has 98 valence electrons. The number of benzene rings is 1. The molecule has 0 atom stereocenters. The van der Waals surface area contributed by atoms with E-state index in [0.29, 0.717) is 12.6 Å². The SMILES string of the molecule is CCCN(Cc1cccc(N)c1)C(=O)NC1CC1. The summed E-state index contributed by atoms with van der Waals surface area (Å²) in [6.45, 7) is 3.47. The van der Waals surface area contributed by atoms with Gasteiger partial charge in [-0.25, -0.2) is 4.79 Å². The average molecular weight is 247 g/mol. The molecule has 0 aliphatic heterocycles. The Kier molecular flexibility index (Phi) is 4.07. The van der Waals surface area contributed by atoms with Crippen molar-refractivity contribution in [1.29, 1.82) is 0 Å². The Morgan fingerprint density at radius 2 is 2.28 bits per heavy atom. The summed E-state index contributed by atoms with van der Waals surface area (Å²) in [5.74, 6) is 0. The van der Waals surface area contributed by atoms with Crippen LogP contribution in [-0.4, -0.2) is 23.5 Å². The van der Waals surface area contributed by atoms with Crippen LogP contribution in [0.4, 0.5) is 10.5 Å². The van der Waals surface area contributed by atoms with Crippen molar-refractivity contribution in [3.8, 4) is 0 Å². The van der Waals surface area contributed by atoms with E-state index in [1.807, 2.05) is 29.2 Å². The van der Waals surface area contributed by atoms with E-state index in [9.17, 15) is 4.79 Å². The second-order valence-corrected chi connectivity index (χ2v) is 4.89. The average Bonchev–Trinajstić information content (AvgIpc) is 3.12. The molecule has 2 amide bonds. The highest BCUT2D eigenvalue weighted by atomic mass is 16.2. The van der Waals surface area contributed by atoms with Crippen molar-refractivity contribution >= 4 is 11.7 Å². The highest BCUT2D eigenvalue weighted by molar-refractivity contribution is 5.74. The number of anilines is 1. The molecule has 0 bridgehead atoms. The van der Waals surface area contributed by atoms with E-state index in [-0.39, 0.29) is 6.03 Å². The lowest BCUT2D eigenvalue weighted by atomic mass is 10.2. The number of nitrogens with two attached hydrogens (primary N) is 1. The van der Waals surface area contributed by atoms with Crippen LogP contribution in [0.2, 0.25) is 0 Å². The molecule has 1 aromatic rings. The molecule has 1 saturated carbocycles. The van der Waals surface area contributed by atoms with Crippen molar-refractivity contribution in [3.05, 3.63) is 29.8 Å². The van der Waals surface area contributed by atoms with Gasteiger partial charge in [-0.3, -0.25) is 0 Å². The van der Waals surface area contributed by atoms with Crippen LogP contribution < -0.4 is 11.1 Å². The minimum absolute atomic E-state index is 0.0433. The highest BCUT2D eigenvalue weighted by Crippen LogP contribution is 2.19. The van der Waals surface area contributed by atoms with Gasteiger partial charge in [0, 0.05) is 24.8 Å². The molecule has 18 heavy (non-hydrogen) atoms. The number of carbonyl (C=O) groups excluding carboxylic acids is 1. The highest BCUT2D eigenvalue weighted by Gasteiger charge is 2.25. The number of carbonyl (C=O) groups is 1. The van der Waals surface area contributed by atoms with Gasteiger partial charge in [-0.2, -0.15) is 0 Å². The molecule has 4 heteroatoms. The Hall–Kier alpha value is -1.71. The van der Waals surface area contributed by atoms with E-state index < -0.39 is 0 Å². The topological polar surface area (TPSA) is 58.4 Å². The molecule has 3 N–H and O–H groups in total. The Labute approximate surface area is 108 Å². The summed E-state index contributed by atoms with van der Waals surface area (Å²) in [5.41, 5.74) is 7.58. The fourth-order valence-electron chi connectivity index (χ4n) is 1.93. The normalized spacial score (nSPS) is 14.3. The predicted molar refractivity (Wildman–Crippen MR) is 73.1 cm³/mol. The lowest BCUT2D eigenvalue weighted by Crippen LogP contribution is -2.40. The Balaban J connectivity index is 1.97. The van der Waals surface area contributed by atoms with Gasteiger partial charge >= 0.3 is 6.03 Å². The van der Waals surface area contributed by atoms with Crippen molar-refractivity contribution in [1.82, 2.24) is 10.2 Å². The summed E-state index contributed by atoms with van der Waals surface area (Å²) >= 11 is 0. The lowest BCUT2D eigenvalue weighted by molar-refractivity contribution is 0.194. The summed E-state index contributed by atoms with van der Waals surface area (Å²) in [6.07, 6.45) is 3.19. The van der Waals surface area contributed by atoms with Gasteiger partial charge in [0.2, 0.25) is 0 Å². The van der Waals surface area contributed by atoms with Crippen molar-refractivity contribution in [2.24, 2.45) is 0 Å². The molecule has 1 aliphatic carbocycles. The number of amides is 2. The molecule has 1 fully saturated rings. The van der Waals surface area contributed by atoms with Crippen LogP contribution in [0, 0.1) is 0 Å². The number of nitrogen functional groups attached to an aromatic ring is 1. The molecule has 2 rings (SSSR count). The van der Waals surface area contributed by atoms with Crippen LogP contribution in [0.1, 0.15) is 31.7 Å². The number of hydrogen-bond acceptors (Lipinski definition) is 2. The lowest BCUT2D eigenvalue weighted by Gasteiger charge is -2.22. The fraction of sp³-hybridized carbons (Fsp3) is 0.500. The zero-order valence-electron chi connectivity index (χ0n) is 10.9. The molecule has 0 heterocycles. The molecule has 0 unspecified atom stereocenters. The number of rotatable bonds is 5. The van der Waals surface area contributed by atoms with E-state index in [4.69, 9.17) is 5.73 Å². The maximum Gasteiger partial charge on any atom is 0.317 e. The molecular formula is C14H21N3O. The Morgan fingerprint density at radius 3 is 2.89 bits per heavy atom. The molecule has 1 aromatic carbocycles. The van der Waals surface area contributed by atoms with Gasteiger partial charge in [-0.15, -0.1) is 0 Å². The maximum atomic E-state index is 12.1. The van der Waals surface area contributed by atoms with Crippen LogP contribution in [0.5, 0.6) is 0 Å². The predicted octanol–water partition coefficient (Wildman–Crippen LogP) is 2.35. The van der Waals surface area contributed by atoms with Crippen LogP contribution >= 0.6 is 0 Å². The standard InChI is InChI=1S/C14H21N3O/c1-2-8-17(14(18)16-13-6-7-13)10-11-4-3-5-12(15)9-11/h3-5,9,13H,2,6-8,10,15H2,1H3,(H,16,18). The van der Waals surface area contributed by atoms with Crippen LogP contribution in [-0.2, 0) is 6.54 Å². The maximum absolute atomic E-state index is 12.1. The minimum atomic E-state index is 0.0433. The first-order valence-corrected chi connectivity index (χ1v) is 6.59. The van der Waals surface area contributed by atoms with Crippen LogP contribution in [0.25, 0.3) is 0 Å². The molecule has 0 spiro atoms. The Bertz CT molecular complexity index is 415. The fourth-order valence-corrected chi connectivity index (χ4v) is 1.93. The molecule has 1 aliphatic rings. The van der Waals surface area contributed by atoms with Gasteiger partial charge in [0.1, 0.15) is 0 Å². The number of nitrogens with one attached hydrogen (secondary N) is 1. The van der Waals surface area contributed by atoms with E-state index in [1.54, 1.807) is 0 Å². The van der Waals surface area contributed by atoms with E-state index >= 15 is 0 Å². The summed E-state index contributed by atoms with van der Waals surface area (Å²) in [6, 6.07) is 8.15. The van der Waals surface area contributed by atoms with E-state index in [2.05, 4.69) is 12.2 Å². The van der Waals surface area contributed by atoms with Crippen molar-refractivity contribution in [3.63, 3.8) is 0 Å². The summed E-state index contributed by atoms with van der Waals surface area (Å²) in [4.78, 5) is 13.9. The molecule has 0 radical (unpaired) electrons. The second kappa shape index (κ2) is 5.76. The first-order chi connectivity index (χ1) is 8.69. The van der Waals surface area contributed by atoms with Gasteiger partial charge < -0.3 is 16.0 Å². The summed E-state index contributed by atoms with van der Waals surface area (Å²) in [7, 11) is 0. The van der Waals surface area contributed by atoms with E-state index in [0.717, 1.165) is 37.1 Å². The van der Waals surface area contributed by atoms with Crippen molar-refractivity contribution in [2.45, 2.75) is 38.8 Å². The monoisotopic (exact) mass is 247 g/mol. The molecule has 0 saturated heterocycles.